The molecule has 90 valence electrons. The fraction of sp³-hybridized carbons (Fsp3) is 0.167. The van der Waals surface area contributed by atoms with E-state index in [1.165, 1.54) is 18.4 Å². The van der Waals surface area contributed by atoms with Gasteiger partial charge in [0.2, 0.25) is 0 Å². The second kappa shape index (κ2) is 6.12. The smallest absolute Gasteiger partial charge is 0.337 e. The Bertz CT molecular complexity index is 475. The average molecular weight is 250 g/mol. The van der Waals surface area contributed by atoms with E-state index < -0.39 is 5.97 Å². The number of allylic oxidation sites excluding steroid dienone is 2. The molecule has 0 fully saturated rings. The molecule has 0 bridgehead atoms. The van der Waals surface area contributed by atoms with Crippen LogP contribution in [0.4, 0.5) is 0 Å². The number of hydrogen-bond donors (Lipinski definition) is 1. The summed E-state index contributed by atoms with van der Waals surface area (Å²) in [4.78, 5) is 16.2. The van der Waals surface area contributed by atoms with Crippen LogP contribution in [-0.2, 0) is 16.1 Å². The summed E-state index contributed by atoms with van der Waals surface area (Å²) in [6, 6.07) is 0. The molecule has 0 aliphatic heterocycles. The molecule has 1 heterocycles. The van der Waals surface area contributed by atoms with E-state index in [0.29, 0.717) is 12.1 Å². The minimum atomic E-state index is -0.462. The average Bonchev–Trinajstić information content (AvgIpc) is 2.83. The summed E-state index contributed by atoms with van der Waals surface area (Å²) in [5.41, 5.74) is 6.47. The van der Waals surface area contributed by atoms with Crippen molar-refractivity contribution >= 4 is 22.9 Å². The summed E-state index contributed by atoms with van der Waals surface area (Å²) in [7, 11) is 1.31. The fourth-order valence-electron chi connectivity index (χ4n) is 1.02. The maximum absolute atomic E-state index is 11.1. The van der Waals surface area contributed by atoms with Gasteiger partial charge in [0.25, 0.3) is 0 Å². The number of hydrogen-bond acceptors (Lipinski definition) is 5. The lowest BCUT2D eigenvalue weighted by molar-refractivity contribution is -0.135. The van der Waals surface area contributed by atoms with Crippen LogP contribution < -0.4 is 5.73 Å². The third kappa shape index (κ3) is 3.65. The van der Waals surface area contributed by atoms with Crippen LogP contribution >= 0.6 is 11.3 Å². The Morgan fingerprint density at radius 3 is 2.82 bits per heavy atom. The van der Waals surface area contributed by atoms with Crippen LogP contribution in [0.3, 0.4) is 0 Å². The van der Waals surface area contributed by atoms with Crippen molar-refractivity contribution in [3.63, 3.8) is 0 Å². The maximum Gasteiger partial charge on any atom is 0.337 e. The highest BCUT2D eigenvalue weighted by atomic mass is 32.1. The van der Waals surface area contributed by atoms with E-state index in [0.717, 1.165) is 9.88 Å². The van der Waals surface area contributed by atoms with Gasteiger partial charge in [-0.05, 0) is 6.08 Å². The predicted octanol–water partition coefficient (Wildman–Crippen LogP) is 1.90. The Hall–Kier alpha value is -1.72. The van der Waals surface area contributed by atoms with Crippen LogP contribution in [0, 0.1) is 0 Å². The van der Waals surface area contributed by atoms with E-state index >= 15 is 0 Å². The van der Waals surface area contributed by atoms with Gasteiger partial charge in [0.05, 0.1) is 12.7 Å². The molecule has 1 aromatic rings. The monoisotopic (exact) mass is 250 g/mol. The number of ether oxygens (including phenoxy) is 1. The van der Waals surface area contributed by atoms with E-state index in [4.69, 9.17) is 5.73 Å². The Kier molecular flexibility index (Phi) is 4.81. The molecular weight excluding hydrogens is 236 g/mol. The molecule has 1 aromatic heterocycles. The van der Waals surface area contributed by atoms with Gasteiger partial charge in [0.15, 0.2) is 0 Å². The first-order valence-electron chi connectivity index (χ1n) is 4.87. The number of nitrogens with zero attached hydrogens (tertiary/aromatic N) is 1. The molecule has 17 heavy (non-hydrogen) atoms. The quantitative estimate of drug-likeness (QED) is 0.492. The van der Waals surface area contributed by atoms with Gasteiger partial charge < -0.3 is 10.5 Å². The van der Waals surface area contributed by atoms with Gasteiger partial charge in [-0.15, -0.1) is 11.3 Å². The molecule has 0 unspecified atom stereocenters. The molecule has 0 spiro atoms. The van der Waals surface area contributed by atoms with Crippen LogP contribution in [0.2, 0.25) is 0 Å². The van der Waals surface area contributed by atoms with E-state index in [1.54, 1.807) is 18.3 Å². The summed E-state index contributed by atoms with van der Waals surface area (Å²) in [6.07, 6.45) is 4.95. The number of nitrogens with two attached hydrogens (primary N) is 1. The van der Waals surface area contributed by atoms with Crippen LogP contribution in [0.5, 0.6) is 0 Å². The maximum atomic E-state index is 11.1. The largest absolute Gasteiger partial charge is 0.465 e. The predicted molar refractivity (Wildman–Crippen MR) is 69.3 cm³/mol. The zero-order chi connectivity index (χ0) is 12.8. The van der Waals surface area contributed by atoms with Crippen molar-refractivity contribution in [3.8, 4) is 0 Å². The second-order valence-corrected chi connectivity index (χ2v) is 4.33. The normalized spacial score (nSPS) is 10.5. The van der Waals surface area contributed by atoms with Gasteiger partial charge in [-0.2, -0.15) is 0 Å². The highest BCUT2D eigenvalue weighted by molar-refractivity contribution is 7.12. The van der Waals surface area contributed by atoms with E-state index in [-0.39, 0.29) is 5.57 Å². The van der Waals surface area contributed by atoms with E-state index in [2.05, 4.69) is 22.9 Å². The molecule has 1 rings (SSSR count). The highest BCUT2D eigenvalue weighted by Crippen LogP contribution is 2.20. The van der Waals surface area contributed by atoms with Crippen molar-refractivity contribution in [1.82, 2.24) is 4.98 Å². The van der Waals surface area contributed by atoms with Crippen molar-refractivity contribution in [2.45, 2.75) is 6.54 Å². The third-order valence-electron chi connectivity index (χ3n) is 1.96. The van der Waals surface area contributed by atoms with Gasteiger partial charge >= 0.3 is 5.97 Å². The molecule has 0 saturated heterocycles. The third-order valence-corrected chi connectivity index (χ3v) is 3.06. The van der Waals surface area contributed by atoms with Gasteiger partial charge in [-0.3, -0.25) is 0 Å². The molecule has 0 atom stereocenters. The SMILES string of the molecule is C=C(/C=C\C(=C)c1ncc(CN)s1)C(=O)OC. The lowest BCUT2D eigenvalue weighted by Crippen LogP contribution is -2.00. The molecule has 0 aliphatic rings. The summed E-state index contributed by atoms with van der Waals surface area (Å²) in [5.74, 6) is -0.462. The van der Waals surface area contributed by atoms with Gasteiger partial charge in [-0.25, -0.2) is 9.78 Å². The van der Waals surface area contributed by atoms with Gasteiger partial charge in [0, 0.05) is 23.2 Å². The topological polar surface area (TPSA) is 65.2 Å². The van der Waals surface area contributed by atoms with Crippen LogP contribution in [0.15, 0.2) is 37.1 Å². The summed E-state index contributed by atoms with van der Waals surface area (Å²) < 4.78 is 4.52. The highest BCUT2D eigenvalue weighted by Gasteiger charge is 2.04. The second-order valence-electron chi connectivity index (χ2n) is 3.21. The summed E-state index contributed by atoms with van der Waals surface area (Å²) in [5, 5.41) is 0.777. The van der Waals surface area contributed by atoms with Crippen molar-refractivity contribution < 1.29 is 9.53 Å². The zero-order valence-corrected chi connectivity index (χ0v) is 10.4. The van der Waals surface area contributed by atoms with E-state index in [9.17, 15) is 4.79 Å². The minimum Gasteiger partial charge on any atom is -0.465 e. The first-order valence-corrected chi connectivity index (χ1v) is 5.69. The van der Waals surface area contributed by atoms with Gasteiger partial charge in [-0.1, -0.05) is 19.2 Å². The number of esters is 1. The Morgan fingerprint density at radius 1 is 1.59 bits per heavy atom. The minimum absolute atomic E-state index is 0.268. The summed E-state index contributed by atoms with van der Waals surface area (Å²) in [6.45, 7) is 7.89. The lowest BCUT2D eigenvalue weighted by atomic mass is 10.2. The number of thiazole rings is 1. The van der Waals surface area contributed by atoms with E-state index in [1.807, 2.05) is 0 Å². The Labute approximate surface area is 104 Å². The first kappa shape index (κ1) is 13.3. The first-order chi connectivity index (χ1) is 8.08. The molecule has 0 aromatic carbocycles. The molecule has 4 nitrogen and oxygen atoms in total. The molecule has 0 amide bonds. The Balaban J connectivity index is 2.69. The number of aromatic nitrogens is 1. The van der Waals surface area contributed by atoms with Crippen molar-refractivity contribution in [1.29, 1.82) is 0 Å². The molecule has 0 aliphatic carbocycles. The number of methoxy groups -OCH3 is 1. The standard InChI is InChI=1S/C12H14N2O2S/c1-8(4-5-9(2)12(15)16-3)11-14-7-10(6-13)17-11/h4-5,7H,1-2,6,13H2,3H3/b5-4-. The van der Waals surface area contributed by atoms with Crippen molar-refractivity contribution in [2.24, 2.45) is 5.73 Å². The Morgan fingerprint density at radius 2 is 2.29 bits per heavy atom. The van der Waals surface area contributed by atoms with Crippen molar-refractivity contribution in [2.75, 3.05) is 7.11 Å². The number of carbonyl (C=O) groups is 1. The van der Waals surface area contributed by atoms with Crippen LogP contribution in [0.25, 0.3) is 5.57 Å². The molecule has 2 N–H and O–H groups in total. The molecule has 0 saturated carbocycles. The molecule has 0 radical (unpaired) electrons. The zero-order valence-electron chi connectivity index (χ0n) is 9.60. The molecule has 5 heteroatoms. The van der Waals surface area contributed by atoms with Crippen LogP contribution in [-0.4, -0.2) is 18.1 Å². The molecular formula is C12H14N2O2S. The summed E-state index contributed by atoms with van der Waals surface area (Å²) >= 11 is 1.47. The van der Waals surface area contributed by atoms with Crippen molar-refractivity contribution in [3.05, 3.63) is 47.0 Å². The lowest BCUT2D eigenvalue weighted by Gasteiger charge is -1.97. The van der Waals surface area contributed by atoms with Crippen LogP contribution in [0.1, 0.15) is 9.88 Å². The van der Waals surface area contributed by atoms with Gasteiger partial charge in [0.1, 0.15) is 5.01 Å². The number of rotatable bonds is 5. The fourth-order valence-corrected chi connectivity index (χ4v) is 1.76. The number of carbonyl (C=O) groups excluding carboxylic acids is 1.